The molecule has 1 N–H and O–H groups in total. The molecule has 2 amide bonds. The van der Waals surface area contributed by atoms with Crippen molar-refractivity contribution in [2.75, 3.05) is 26.7 Å². The van der Waals surface area contributed by atoms with Crippen LogP contribution in [-0.4, -0.2) is 60.6 Å². The standard InChI is InChI=1S/C15H19N3O3/c1-17-9-14(19)16-12-7-18(8-13(12)17)15(20)21-10-11-5-3-2-4-6-11/h2-6,12-13H,7-10H2,1H3,(H,16,19). The summed E-state index contributed by atoms with van der Waals surface area (Å²) < 4.78 is 5.34. The predicted molar refractivity (Wildman–Crippen MR) is 76.5 cm³/mol. The molecule has 21 heavy (non-hydrogen) atoms. The number of carbonyl (C=O) groups is 2. The van der Waals surface area contributed by atoms with E-state index in [4.69, 9.17) is 4.74 Å². The molecule has 2 heterocycles. The molecule has 0 aliphatic carbocycles. The van der Waals surface area contributed by atoms with Crippen LogP contribution < -0.4 is 5.32 Å². The van der Waals surface area contributed by atoms with Crippen molar-refractivity contribution in [2.45, 2.75) is 18.7 Å². The summed E-state index contributed by atoms with van der Waals surface area (Å²) in [5.74, 6) is 0.0123. The minimum Gasteiger partial charge on any atom is -0.445 e. The molecule has 2 fully saturated rings. The van der Waals surface area contributed by atoms with Crippen molar-refractivity contribution in [1.29, 1.82) is 0 Å². The number of fused-ring (bicyclic) bond motifs is 1. The number of hydrogen-bond donors (Lipinski definition) is 1. The SMILES string of the molecule is CN1CC(=O)NC2CN(C(=O)OCc3ccccc3)CC21. The van der Waals surface area contributed by atoms with E-state index in [1.165, 1.54) is 0 Å². The van der Waals surface area contributed by atoms with Crippen LogP contribution in [-0.2, 0) is 16.1 Å². The minimum absolute atomic E-state index is 0.000486. The van der Waals surface area contributed by atoms with Crippen LogP contribution in [0.5, 0.6) is 0 Å². The summed E-state index contributed by atoms with van der Waals surface area (Å²) in [7, 11) is 1.91. The predicted octanol–water partition coefficient (Wildman–Crippen LogP) is 0.438. The largest absolute Gasteiger partial charge is 0.445 e. The Hall–Kier alpha value is -2.08. The lowest BCUT2D eigenvalue weighted by atomic mass is 10.1. The van der Waals surface area contributed by atoms with Crippen molar-refractivity contribution in [3.8, 4) is 0 Å². The molecular formula is C15H19N3O3. The van der Waals surface area contributed by atoms with E-state index in [9.17, 15) is 9.59 Å². The first-order valence-electron chi connectivity index (χ1n) is 7.09. The van der Waals surface area contributed by atoms with E-state index >= 15 is 0 Å². The second-order valence-corrected chi connectivity index (χ2v) is 5.60. The maximum absolute atomic E-state index is 12.1. The Morgan fingerprint density at radius 1 is 1.33 bits per heavy atom. The summed E-state index contributed by atoms with van der Waals surface area (Å²) in [6.07, 6.45) is -0.323. The van der Waals surface area contributed by atoms with Crippen LogP contribution in [0, 0.1) is 0 Å². The first kappa shape index (κ1) is 13.9. The number of benzene rings is 1. The molecule has 112 valence electrons. The van der Waals surface area contributed by atoms with Gasteiger partial charge in [-0.2, -0.15) is 0 Å². The molecule has 1 aromatic carbocycles. The van der Waals surface area contributed by atoms with E-state index in [2.05, 4.69) is 5.32 Å². The van der Waals surface area contributed by atoms with Gasteiger partial charge in [0, 0.05) is 19.1 Å². The topological polar surface area (TPSA) is 61.9 Å². The van der Waals surface area contributed by atoms with Gasteiger partial charge in [0.25, 0.3) is 0 Å². The number of hydrogen-bond acceptors (Lipinski definition) is 4. The molecule has 0 radical (unpaired) electrons. The lowest BCUT2D eigenvalue weighted by Gasteiger charge is -2.33. The fraction of sp³-hybridized carbons (Fsp3) is 0.467. The Labute approximate surface area is 123 Å². The minimum atomic E-state index is -0.323. The third kappa shape index (κ3) is 3.00. The van der Waals surface area contributed by atoms with Crippen molar-refractivity contribution < 1.29 is 14.3 Å². The van der Waals surface area contributed by atoms with Crippen LogP contribution in [0.25, 0.3) is 0 Å². The Kier molecular flexibility index (Phi) is 3.79. The van der Waals surface area contributed by atoms with Gasteiger partial charge in [0.1, 0.15) is 6.61 Å². The summed E-state index contributed by atoms with van der Waals surface area (Å²) in [6.45, 7) is 1.76. The number of likely N-dealkylation sites (N-methyl/N-ethyl adjacent to an activating group) is 1. The third-order valence-electron chi connectivity index (χ3n) is 4.06. The van der Waals surface area contributed by atoms with E-state index in [1.807, 2.05) is 42.3 Å². The second kappa shape index (κ2) is 5.73. The molecule has 2 atom stereocenters. The number of piperazine rings is 1. The average Bonchev–Trinajstić information content (AvgIpc) is 2.90. The molecule has 3 rings (SSSR count). The Bertz CT molecular complexity index is 534. The molecule has 1 aromatic rings. The Morgan fingerprint density at radius 2 is 2.10 bits per heavy atom. The fourth-order valence-electron chi connectivity index (χ4n) is 2.93. The lowest BCUT2D eigenvalue weighted by molar-refractivity contribution is -0.125. The normalized spacial score (nSPS) is 25.4. The molecule has 2 saturated heterocycles. The van der Waals surface area contributed by atoms with Gasteiger partial charge in [-0.1, -0.05) is 30.3 Å². The van der Waals surface area contributed by atoms with Gasteiger partial charge < -0.3 is 15.0 Å². The highest BCUT2D eigenvalue weighted by molar-refractivity contribution is 5.80. The third-order valence-corrected chi connectivity index (χ3v) is 4.06. The summed E-state index contributed by atoms with van der Waals surface area (Å²) in [5.41, 5.74) is 0.966. The highest BCUT2D eigenvalue weighted by atomic mass is 16.6. The monoisotopic (exact) mass is 289 g/mol. The summed E-state index contributed by atoms with van der Waals surface area (Å²) in [5, 5.41) is 2.94. The van der Waals surface area contributed by atoms with Gasteiger partial charge in [-0.25, -0.2) is 4.79 Å². The number of likely N-dealkylation sites (tertiary alicyclic amines) is 1. The molecular weight excluding hydrogens is 270 g/mol. The first-order chi connectivity index (χ1) is 10.1. The average molecular weight is 289 g/mol. The van der Waals surface area contributed by atoms with Crippen LogP contribution in [0.2, 0.25) is 0 Å². The number of nitrogens with one attached hydrogen (secondary N) is 1. The molecule has 6 heteroatoms. The van der Waals surface area contributed by atoms with Crippen LogP contribution in [0.3, 0.4) is 0 Å². The zero-order valence-corrected chi connectivity index (χ0v) is 12.0. The molecule has 2 aliphatic heterocycles. The van der Waals surface area contributed by atoms with Gasteiger partial charge >= 0.3 is 6.09 Å². The van der Waals surface area contributed by atoms with Crippen LogP contribution in [0.4, 0.5) is 4.79 Å². The van der Waals surface area contributed by atoms with Gasteiger partial charge in [0.05, 0.1) is 12.6 Å². The Morgan fingerprint density at radius 3 is 2.86 bits per heavy atom. The van der Waals surface area contributed by atoms with E-state index in [-0.39, 0.29) is 30.7 Å². The summed E-state index contributed by atoms with van der Waals surface area (Å²) in [4.78, 5) is 27.3. The molecule has 0 bridgehead atoms. The first-order valence-corrected chi connectivity index (χ1v) is 7.09. The lowest BCUT2D eigenvalue weighted by Crippen LogP contribution is -2.58. The molecule has 0 aromatic heterocycles. The van der Waals surface area contributed by atoms with E-state index < -0.39 is 0 Å². The molecule has 6 nitrogen and oxygen atoms in total. The quantitative estimate of drug-likeness (QED) is 0.858. The highest BCUT2D eigenvalue weighted by Gasteiger charge is 2.42. The number of nitrogens with zero attached hydrogens (tertiary/aromatic N) is 2. The van der Waals surface area contributed by atoms with Crippen molar-refractivity contribution in [2.24, 2.45) is 0 Å². The summed E-state index contributed by atoms with van der Waals surface area (Å²) in [6, 6.07) is 9.77. The van der Waals surface area contributed by atoms with Crippen molar-refractivity contribution in [3.63, 3.8) is 0 Å². The number of carbonyl (C=O) groups excluding carboxylic acids is 2. The number of rotatable bonds is 2. The summed E-state index contributed by atoms with van der Waals surface area (Å²) >= 11 is 0. The molecule has 2 aliphatic rings. The van der Waals surface area contributed by atoms with Crippen molar-refractivity contribution in [1.82, 2.24) is 15.1 Å². The fourth-order valence-corrected chi connectivity index (χ4v) is 2.93. The van der Waals surface area contributed by atoms with E-state index in [0.717, 1.165) is 5.56 Å². The maximum atomic E-state index is 12.1. The zero-order chi connectivity index (χ0) is 14.8. The van der Waals surface area contributed by atoms with Gasteiger partial charge in [0.2, 0.25) is 5.91 Å². The van der Waals surface area contributed by atoms with Crippen LogP contribution in [0.1, 0.15) is 5.56 Å². The van der Waals surface area contributed by atoms with Crippen molar-refractivity contribution >= 4 is 12.0 Å². The van der Waals surface area contributed by atoms with Gasteiger partial charge in [-0.3, -0.25) is 9.69 Å². The van der Waals surface area contributed by atoms with Gasteiger partial charge in [-0.05, 0) is 12.6 Å². The van der Waals surface area contributed by atoms with E-state index in [1.54, 1.807) is 4.90 Å². The highest BCUT2D eigenvalue weighted by Crippen LogP contribution is 2.19. The van der Waals surface area contributed by atoms with Crippen molar-refractivity contribution in [3.05, 3.63) is 35.9 Å². The van der Waals surface area contributed by atoms with Gasteiger partial charge in [-0.15, -0.1) is 0 Å². The molecule has 0 saturated carbocycles. The zero-order valence-electron chi connectivity index (χ0n) is 12.0. The smallest absolute Gasteiger partial charge is 0.410 e. The Balaban J connectivity index is 1.56. The molecule has 2 unspecified atom stereocenters. The molecule has 0 spiro atoms. The van der Waals surface area contributed by atoms with E-state index in [0.29, 0.717) is 19.6 Å². The van der Waals surface area contributed by atoms with Crippen LogP contribution >= 0.6 is 0 Å². The number of amides is 2. The second-order valence-electron chi connectivity index (χ2n) is 5.60. The number of ether oxygens (including phenoxy) is 1. The maximum Gasteiger partial charge on any atom is 0.410 e. The van der Waals surface area contributed by atoms with Crippen LogP contribution in [0.15, 0.2) is 30.3 Å². The van der Waals surface area contributed by atoms with Gasteiger partial charge in [0.15, 0.2) is 0 Å².